The molecule has 0 bridgehead atoms. The van der Waals surface area contributed by atoms with E-state index in [9.17, 15) is 9.59 Å². The molecule has 1 aromatic heterocycles. The number of carboxylic acid groups (broad SMARTS) is 1. The second-order valence-corrected chi connectivity index (χ2v) is 8.05. The Balaban J connectivity index is 1.31. The first-order valence-electron chi connectivity index (χ1n) is 10.3. The van der Waals surface area contributed by atoms with Gasteiger partial charge in [0.1, 0.15) is 18.1 Å². The fourth-order valence-electron chi connectivity index (χ4n) is 3.85. The second kappa shape index (κ2) is 9.54. The number of hydrogen-bond donors (Lipinski definition) is 1. The molecule has 1 saturated carbocycles. The number of rotatable bonds is 7. The molecule has 0 unspecified atom stereocenters. The zero-order valence-electron chi connectivity index (χ0n) is 16.9. The maximum atomic E-state index is 12.4. The summed E-state index contributed by atoms with van der Waals surface area (Å²) >= 11 is 6.17. The van der Waals surface area contributed by atoms with Crippen LogP contribution >= 0.6 is 11.6 Å². The van der Waals surface area contributed by atoms with Crippen molar-refractivity contribution < 1.29 is 23.8 Å². The quantitative estimate of drug-likeness (QED) is 0.509. The molecule has 1 N–H and O–H groups in total. The average molecular weight is 443 g/mol. The number of carboxylic acids is 1. The van der Waals surface area contributed by atoms with E-state index in [4.69, 9.17) is 30.6 Å². The van der Waals surface area contributed by atoms with Crippen LogP contribution in [0.25, 0.3) is 22.3 Å². The third-order valence-electron chi connectivity index (χ3n) is 5.57. The van der Waals surface area contributed by atoms with E-state index >= 15 is 0 Å². The SMILES string of the molecule is O=c1cc(-c2ccc(OCCO[C@H]3CC[C@H](C(=O)O)CC3)cc2)oc2c(Cl)cccc12. The van der Waals surface area contributed by atoms with E-state index in [1.54, 1.807) is 18.2 Å². The molecule has 0 atom stereocenters. The number of para-hydroxylation sites is 1. The predicted molar refractivity (Wildman–Crippen MR) is 118 cm³/mol. The van der Waals surface area contributed by atoms with Crippen molar-refractivity contribution in [2.24, 2.45) is 5.92 Å². The summed E-state index contributed by atoms with van der Waals surface area (Å²) in [6.07, 6.45) is 2.97. The van der Waals surface area contributed by atoms with Crippen molar-refractivity contribution >= 4 is 28.5 Å². The molecule has 31 heavy (non-hydrogen) atoms. The summed E-state index contributed by atoms with van der Waals surface area (Å²) in [5.41, 5.74) is 0.979. The van der Waals surface area contributed by atoms with Crippen molar-refractivity contribution in [3.63, 3.8) is 0 Å². The van der Waals surface area contributed by atoms with Gasteiger partial charge in [-0.2, -0.15) is 0 Å². The zero-order valence-corrected chi connectivity index (χ0v) is 17.6. The summed E-state index contributed by atoms with van der Waals surface area (Å²) in [5.74, 6) is 0.175. The largest absolute Gasteiger partial charge is 0.491 e. The van der Waals surface area contributed by atoms with Gasteiger partial charge in [0, 0.05) is 11.6 Å². The number of ether oxygens (including phenoxy) is 2. The molecule has 1 aliphatic rings. The minimum Gasteiger partial charge on any atom is -0.491 e. The summed E-state index contributed by atoms with van der Waals surface area (Å²) in [6.45, 7) is 0.848. The molecule has 3 aromatic rings. The lowest BCUT2D eigenvalue weighted by molar-refractivity contribution is -0.143. The van der Waals surface area contributed by atoms with Crippen LogP contribution in [0, 0.1) is 5.92 Å². The van der Waals surface area contributed by atoms with Crippen molar-refractivity contribution in [3.8, 4) is 17.1 Å². The lowest BCUT2D eigenvalue weighted by Crippen LogP contribution is -2.27. The van der Waals surface area contributed by atoms with Gasteiger partial charge >= 0.3 is 5.97 Å². The number of carbonyl (C=O) groups is 1. The summed E-state index contributed by atoms with van der Waals surface area (Å²) in [6, 6.07) is 13.8. The highest BCUT2D eigenvalue weighted by Gasteiger charge is 2.26. The van der Waals surface area contributed by atoms with Gasteiger partial charge in [-0.25, -0.2) is 0 Å². The second-order valence-electron chi connectivity index (χ2n) is 7.65. The fraction of sp³-hybridized carbons (Fsp3) is 0.333. The lowest BCUT2D eigenvalue weighted by atomic mass is 9.87. The van der Waals surface area contributed by atoms with E-state index < -0.39 is 5.97 Å². The molecule has 0 radical (unpaired) electrons. The number of hydrogen-bond acceptors (Lipinski definition) is 5. The fourth-order valence-corrected chi connectivity index (χ4v) is 4.06. The van der Waals surface area contributed by atoms with Crippen LogP contribution in [0.5, 0.6) is 5.75 Å². The van der Waals surface area contributed by atoms with Crippen LogP contribution in [0.4, 0.5) is 0 Å². The predicted octanol–water partition coefficient (Wildman–Crippen LogP) is 5.15. The highest BCUT2D eigenvalue weighted by molar-refractivity contribution is 6.34. The van der Waals surface area contributed by atoms with Crippen molar-refractivity contribution in [1.29, 1.82) is 0 Å². The number of benzene rings is 2. The van der Waals surface area contributed by atoms with E-state index in [0.29, 0.717) is 53.6 Å². The van der Waals surface area contributed by atoms with Gasteiger partial charge in [0.05, 0.1) is 29.0 Å². The van der Waals surface area contributed by atoms with Gasteiger partial charge < -0.3 is 19.0 Å². The normalized spacial score (nSPS) is 18.7. The molecule has 1 fully saturated rings. The van der Waals surface area contributed by atoms with Gasteiger partial charge in [-0.15, -0.1) is 0 Å². The van der Waals surface area contributed by atoms with E-state index in [0.717, 1.165) is 18.4 Å². The molecule has 7 heteroatoms. The van der Waals surface area contributed by atoms with Crippen molar-refractivity contribution in [2.45, 2.75) is 31.8 Å². The molecule has 1 aliphatic carbocycles. The summed E-state index contributed by atoms with van der Waals surface area (Å²) in [7, 11) is 0. The van der Waals surface area contributed by atoms with Gasteiger partial charge in [0.15, 0.2) is 11.0 Å². The third-order valence-corrected chi connectivity index (χ3v) is 5.87. The molecule has 1 heterocycles. The van der Waals surface area contributed by atoms with E-state index in [1.807, 2.05) is 24.3 Å². The Morgan fingerprint density at radius 2 is 1.81 bits per heavy atom. The Labute approximate surface area is 184 Å². The molecule has 0 aliphatic heterocycles. The van der Waals surface area contributed by atoms with Crippen LogP contribution in [-0.2, 0) is 9.53 Å². The molecular weight excluding hydrogens is 420 g/mol. The first-order valence-corrected chi connectivity index (χ1v) is 10.7. The molecule has 162 valence electrons. The van der Waals surface area contributed by atoms with E-state index in [-0.39, 0.29) is 17.5 Å². The van der Waals surface area contributed by atoms with Gasteiger partial charge in [0.25, 0.3) is 0 Å². The van der Waals surface area contributed by atoms with Gasteiger partial charge in [-0.1, -0.05) is 17.7 Å². The Morgan fingerprint density at radius 1 is 1.06 bits per heavy atom. The minimum atomic E-state index is -0.712. The number of fused-ring (bicyclic) bond motifs is 1. The summed E-state index contributed by atoms with van der Waals surface area (Å²) < 4.78 is 17.4. The van der Waals surface area contributed by atoms with Gasteiger partial charge in [-0.3, -0.25) is 9.59 Å². The van der Waals surface area contributed by atoms with Gasteiger partial charge in [0.2, 0.25) is 0 Å². The third kappa shape index (κ3) is 5.09. The molecule has 0 saturated heterocycles. The Bertz CT molecular complexity index is 1110. The first-order chi connectivity index (χ1) is 15.0. The van der Waals surface area contributed by atoms with E-state index in [2.05, 4.69) is 0 Å². The summed E-state index contributed by atoms with van der Waals surface area (Å²) in [4.78, 5) is 23.4. The lowest BCUT2D eigenvalue weighted by Gasteiger charge is -2.26. The highest BCUT2D eigenvalue weighted by atomic mass is 35.5. The van der Waals surface area contributed by atoms with Crippen LogP contribution in [0.2, 0.25) is 5.02 Å². The maximum absolute atomic E-state index is 12.4. The van der Waals surface area contributed by atoms with Crippen LogP contribution in [0.1, 0.15) is 25.7 Å². The minimum absolute atomic E-state index is 0.101. The van der Waals surface area contributed by atoms with Crippen molar-refractivity contribution in [2.75, 3.05) is 13.2 Å². The monoisotopic (exact) mass is 442 g/mol. The number of aliphatic carboxylic acids is 1. The number of halogens is 1. The highest BCUT2D eigenvalue weighted by Crippen LogP contribution is 2.28. The van der Waals surface area contributed by atoms with Gasteiger partial charge in [-0.05, 0) is 62.1 Å². The molecule has 4 rings (SSSR count). The molecular formula is C24H23ClO6. The Kier molecular flexibility index (Phi) is 6.59. The maximum Gasteiger partial charge on any atom is 0.306 e. The van der Waals surface area contributed by atoms with Crippen LogP contribution in [-0.4, -0.2) is 30.4 Å². The average Bonchev–Trinajstić information content (AvgIpc) is 2.78. The Morgan fingerprint density at radius 3 is 2.52 bits per heavy atom. The first kappa shape index (κ1) is 21.4. The zero-order chi connectivity index (χ0) is 21.8. The van der Waals surface area contributed by atoms with Crippen molar-refractivity contribution in [3.05, 3.63) is 63.8 Å². The summed E-state index contributed by atoms with van der Waals surface area (Å²) in [5, 5.41) is 9.89. The van der Waals surface area contributed by atoms with E-state index in [1.165, 1.54) is 6.07 Å². The van der Waals surface area contributed by atoms with Crippen LogP contribution < -0.4 is 10.2 Å². The molecule has 0 amide bonds. The Hall–Kier alpha value is -2.83. The topological polar surface area (TPSA) is 86.0 Å². The smallest absolute Gasteiger partial charge is 0.306 e. The standard InChI is InChI=1S/C24H23ClO6/c25-20-3-1-2-19-21(26)14-22(31-23(19)20)15-4-8-17(9-5-15)29-12-13-30-18-10-6-16(7-11-18)24(27)28/h1-5,8-9,14,16,18H,6-7,10-13H2,(H,27,28)/t16-,18-. The van der Waals surface area contributed by atoms with Crippen molar-refractivity contribution in [1.82, 2.24) is 0 Å². The molecule has 2 aromatic carbocycles. The van der Waals surface area contributed by atoms with Crippen LogP contribution in [0.3, 0.4) is 0 Å². The van der Waals surface area contributed by atoms with Crippen LogP contribution in [0.15, 0.2) is 57.7 Å². The molecule has 6 nitrogen and oxygen atoms in total. The molecule has 0 spiro atoms.